The summed E-state index contributed by atoms with van der Waals surface area (Å²) < 4.78 is 106. The first-order valence-corrected chi connectivity index (χ1v) is 12.0. The van der Waals surface area contributed by atoms with Gasteiger partial charge in [0.1, 0.15) is 0 Å². The molecule has 0 heterocycles. The molecular weight excluding hydrogens is 772 g/mol. The summed E-state index contributed by atoms with van der Waals surface area (Å²) in [6.07, 6.45) is -11.9. The van der Waals surface area contributed by atoms with Gasteiger partial charge in [0.25, 0.3) is 0 Å². The van der Waals surface area contributed by atoms with Gasteiger partial charge in [-0.05, 0) is 86.8 Å². The summed E-state index contributed by atoms with van der Waals surface area (Å²) in [6.45, 7) is 0.491. The van der Waals surface area contributed by atoms with Crippen molar-refractivity contribution in [3.05, 3.63) is 28.4 Å². The molecule has 0 aromatic heterocycles. The molecule has 0 aliphatic carbocycles. The Balaban J connectivity index is 2.79. The molecule has 0 saturated carbocycles. The lowest BCUT2D eigenvalue weighted by atomic mass is 10.2. The topological polar surface area (TPSA) is 89.9 Å². The van der Waals surface area contributed by atoms with Crippen molar-refractivity contribution in [3.8, 4) is 0 Å². The van der Waals surface area contributed by atoms with Gasteiger partial charge in [0.2, 0.25) is 6.10 Å². The molecule has 0 saturated heterocycles. The van der Waals surface area contributed by atoms with Crippen LogP contribution in [0.1, 0.15) is 23.7 Å². The quantitative estimate of drug-likeness (QED) is 0.133. The van der Waals surface area contributed by atoms with Crippen molar-refractivity contribution in [1.29, 1.82) is 0 Å². The summed E-state index contributed by atoms with van der Waals surface area (Å²) >= 11 is 5.90. The molecule has 0 aliphatic rings. The van der Waals surface area contributed by atoms with E-state index in [9.17, 15) is 35.2 Å². The Morgan fingerprint density at radius 1 is 1.17 bits per heavy atom. The first-order chi connectivity index (χ1) is 13.0. The molecule has 0 radical (unpaired) electrons. The zero-order chi connectivity index (χ0) is 22.8. The fraction of sp³-hybridized carbons (Fsp3) is 0.500. The predicted octanol–water partition coefficient (Wildman–Crippen LogP) is 4.86. The molecule has 166 valence electrons. The van der Waals surface area contributed by atoms with Crippen molar-refractivity contribution in [2.24, 2.45) is 0 Å². The van der Waals surface area contributed by atoms with E-state index in [4.69, 9.17) is 9.29 Å². The summed E-state index contributed by atoms with van der Waals surface area (Å²) in [5, 5.41) is -5.61. The Morgan fingerprint density at radius 2 is 1.72 bits per heavy atom. The third kappa shape index (κ3) is 7.49. The van der Waals surface area contributed by atoms with Gasteiger partial charge in [-0.2, -0.15) is 30.4 Å². The molecule has 29 heavy (non-hydrogen) atoms. The molecule has 2 unspecified atom stereocenters. The molecule has 15 heteroatoms. The van der Waals surface area contributed by atoms with Gasteiger partial charge in [-0.1, -0.05) is 0 Å². The average Bonchev–Trinajstić information content (AvgIpc) is 2.53. The maximum atomic E-state index is 13.5. The zero-order valence-corrected chi connectivity index (χ0v) is 21.4. The lowest BCUT2D eigenvalue weighted by Crippen LogP contribution is -2.52. The molecule has 0 amide bonds. The van der Waals surface area contributed by atoms with Crippen molar-refractivity contribution in [2.45, 2.75) is 37.0 Å². The highest BCUT2D eigenvalue weighted by molar-refractivity contribution is 14.1. The number of hydrogen-bond acceptors (Lipinski definition) is 5. The van der Waals surface area contributed by atoms with E-state index in [-0.39, 0.29) is 5.56 Å². The highest BCUT2D eigenvalue weighted by Crippen LogP contribution is 2.38. The number of alkyl halides is 5. The van der Waals surface area contributed by atoms with Gasteiger partial charge in [-0.15, -0.1) is 0 Å². The Morgan fingerprint density at radius 3 is 2.21 bits per heavy atom. The van der Waals surface area contributed by atoms with Crippen LogP contribution in [0, 0.1) is 10.7 Å². The SMILES string of the molecule is CC(CCOC(=O)c1cc(I)cc(I)c1I)OC(C(F)(F)F)C(F)(F)S(=O)(=O)O. The molecule has 1 rings (SSSR count). The van der Waals surface area contributed by atoms with Crippen LogP contribution in [0.5, 0.6) is 0 Å². The Hall–Kier alpha value is 0.400. The van der Waals surface area contributed by atoms with Crippen LogP contribution in [0.25, 0.3) is 0 Å². The van der Waals surface area contributed by atoms with E-state index < -0.39 is 52.8 Å². The van der Waals surface area contributed by atoms with Crippen LogP contribution in [-0.4, -0.2) is 49.2 Å². The van der Waals surface area contributed by atoms with Crippen molar-refractivity contribution in [3.63, 3.8) is 0 Å². The minimum absolute atomic E-state index is 0.224. The van der Waals surface area contributed by atoms with Gasteiger partial charge in [0.15, 0.2) is 0 Å². The summed E-state index contributed by atoms with van der Waals surface area (Å²) in [6, 6.07) is 3.35. The largest absolute Gasteiger partial charge is 0.462 e. The molecule has 0 aliphatic heterocycles. The number of halogens is 8. The summed E-state index contributed by atoms with van der Waals surface area (Å²) in [7, 11) is -6.38. The van der Waals surface area contributed by atoms with E-state index in [0.29, 0.717) is 3.57 Å². The van der Waals surface area contributed by atoms with Gasteiger partial charge in [0, 0.05) is 17.1 Å². The Bertz CT molecular complexity index is 862. The molecule has 1 aromatic rings. The Labute approximate surface area is 203 Å². The number of carbonyl (C=O) groups excluding carboxylic acids is 1. The molecular formula is C14H12F5I3O6S. The van der Waals surface area contributed by atoms with Crippen molar-refractivity contribution in [2.75, 3.05) is 6.61 Å². The standard InChI is InChI=1S/C14H12F5I3O6S/c1-6(28-12(13(15,16)17)14(18,19)29(24,25)26)2-3-27-11(23)8-4-7(20)5-9(21)10(8)22/h4-6,12H,2-3H2,1H3,(H,24,25,26). The number of carbonyl (C=O) groups is 1. The van der Waals surface area contributed by atoms with Crippen LogP contribution >= 0.6 is 67.8 Å². The second-order valence-electron chi connectivity index (χ2n) is 5.58. The van der Waals surface area contributed by atoms with E-state index >= 15 is 0 Å². The second-order valence-corrected chi connectivity index (χ2v) is 10.6. The fourth-order valence-corrected chi connectivity index (χ4v) is 4.72. The molecule has 0 spiro atoms. The van der Waals surface area contributed by atoms with Gasteiger partial charge >= 0.3 is 27.5 Å². The maximum absolute atomic E-state index is 13.5. The van der Waals surface area contributed by atoms with Crippen LogP contribution in [0.15, 0.2) is 12.1 Å². The van der Waals surface area contributed by atoms with Crippen molar-refractivity contribution in [1.82, 2.24) is 0 Å². The highest BCUT2D eigenvalue weighted by Gasteiger charge is 2.64. The smallest absolute Gasteiger partial charge is 0.421 e. The van der Waals surface area contributed by atoms with Gasteiger partial charge < -0.3 is 9.47 Å². The zero-order valence-electron chi connectivity index (χ0n) is 14.1. The van der Waals surface area contributed by atoms with E-state index in [1.54, 1.807) is 6.07 Å². The van der Waals surface area contributed by atoms with Crippen LogP contribution in [0.4, 0.5) is 22.0 Å². The van der Waals surface area contributed by atoms with Gasteiger partial charge in [-0.3, -0.25) is 4.55 Å². The van der Waals surface area contributed by atoms with Crippen LogP contribution in [-0.2, 0) is 19.6 Å². The molecule has 0 fully saturated rings. The summed E-state index contributed by atoms with van der Waals surface area (Å²) in [4.78, 5) is 12.1. The predicted molar refractivity (Wildman–Crippen MR) is 116 cm³/mol. The first kappa shape index (κ1) is 27.4. The minimum atomic E-state index is -6.38. The lowest BCUT2D eigenvalue weighted by molar-refractivity contribution is -0.275. The number of esters is 1. The third-order valence-electron chi connectivity index (χ3n) is 3.29. The Kier molecular flexibility index (Phi) is 9.79. The maximum Gasteiger partial charge on any atom is 0.421 e. The molecule has 1 aromatic carbocycles. The van der Waals surface area contributed by atoms with Gasteiger partial charge in [0.05, 0.1) is 18.3 Å². The van der Waals surface area contributed by atoms with E-state index in [1.807, 2.05) is 73.8 Å². The van der Waals surface area contributed by atoms with Crippen molar-refractivity contribution >= 4 is 83.9 Å². The molecule has 2 atom stereocenters. The highest BCUT2D eigenvalue weighted by atomic mass is 127. The lowest BCUT2D eigenvalue weighted by Gasteiger charge is -2.29. The number of benzene rings is 1. The molecule has 1 N–H and O–H groups in total. The minimum Gasteiger partial charge on any atom is -0.462 e. The first-order valence-electron chi connectivity index (χ1n) is 7.37. The summed E-state index contributed by atoms with van der Waals surface area (Å²) in [5.41, 5.74) is 0.224. The number of ether oxygens (including phenoxy) is 2. The number of rotatable bonds is 8. The molecule has 0 bridgehead atoms. The van der Waals surface area contributed by atoms with E-state index in [0.717, 1.165) is 14.1 Å². The van der Waals surface area contributed by atoms with Crippen molar-refractivity contribution < 1.29 is 49.2 Å². The fourth-order valence-electron chi connectivity index (χ4n) is 1.88. The average molecular weight is 784 g/mol. The monoisotopic (exact) mass is 784 g/mol. The summed E-state index contributed by atoms with van der Waals surface area (Å²) in [5.74, 6) is -0.770. The van der Waals surface area contributed by atoms with Gasteiger partial charge in [-0.25, -0.2) is 4.79 Å². The van der Waals surface area contributed by atoms with Crippen LogP contribution in [0.3, 0.4) is 0 Å². The van der Waals surface area contributed by atoms with E-state index in [2.05, 4.69) is 4.74 Å². The third-order valence-corrected chi connectivity index (χ3v) is 7.86. The van der Waals surface area contributed by atoms with E-state index in [1.165, 1.54) is 0 Å². The van der Waals surface area contributed by atoms with Crippen LogP contribution < -0.4 is 0 Å². The molecule has 6 nitrogen and oxygen atoms in total. The number of hydrogen-bond donors (Lipinski definition) is 1. The second kappa shape index (κ2) is 10.3. The van der Waals surface area contributed by atoms with Crippen LogP contribution in [0.2, 0.25) is 0 Å². The normalized spacial score (nSPS) is 15.1.